The van der Waals surface area contributed by atoms with Crippen LogP contribution in [0, 0.1) is 5.92 Å². The van der Waals surface area contributed by atoms with E-state index in [0.29, 0.717) is 13.1 Å². The summed E-state index contributed by atoms with van der Waals surface area (Å²) >= 11 is 0. The molecule has 0 saturated carbocycles. The van der Waals surface area contributed by atoms with E-state index in [9.17, 15) is 9.90 Å². The van der Waals surface area contributed by atoms with Crippen molar-refractivity contribution in [1.82, 2.24) is 9.80 Å². The van der Waals surface area contributed by atoms with Crippen molar-refractivity contribution in [2.24, 2.45) is 5.92 Å². The number of methoxy groups -OCH3 is 1. The average Bonchev–Trinajstić information content (AvgIpc) is 2.48. The number of hydrogen-bond acceptors (Lipinski definition) is 4. The van der Waals surface area contributed by atoms with Crippen molar-refractivity contribution in [3.05, 3.63) is 0 Å². The molecule has 0 aromatic carbocycles. The lowest BCUT2D eigenvalue weighted by Crippen LogP contribution is -2.47. The predicted molar refractivity (Wildman–Crippen MR) is 82.1 cm³/mol. The summed E-state index contributed by atoms with van der Waals surface area (Å²) in [6, 6.07) is 0. The summed E-state index contributed by atoms with van der Waals surface area (Å²) in [5.74, 6) is 0.987. The molecule has 5 heteroatoms. The van der Waals surface area contributed by atoms with Crippen molar-refractivity contribution in [1.29, 1.82) is 0 Å². The summed E-state index contributed by atoms with van der Waals surface area (Å²) in [4.78, 5) is 16.4. The lowest BCUT2D eigenvalue weighted by molar-refractivity contribution is -0.134. The highest BCUT2D eigenvalue weighted by atomic mass is 16.5. The second kappa shape index (κ2) is 8.71. The molecule has 0 aliphatic carbocycles. The molecule has 0 spiro atoms. The smallest absolute Gasteiger partial charge is 0.236 e. The Morgan fingerprint density at radius 1 is 1.24 bits per heavy atom. The molecule has 0 aromatic heterocycles. The van der Waals surface area contributed by atoms with E-state index in [4.69, 9.17) is 4.74 Å². The van der Waals surface area contributed by atoms with Crippen LogP contribution in [0.2, 0.25) is 0 Å². The van der Waals surface area contributed by atoms with E-state index in [0.717, 1.165) is 64.3 Å². The monoisotopic (exact) mass is 298 g/mol. The molecule has 1 atom stereocenters. The van der Waals surface area contributed by atoms with Gasteiger partial charge in [0.25, 0.3) is 0 Å². The summed E-state index contributed by atoms with van der Waals surface area (Å²) in [6.45, 7) is 4.71. The average molecular weight is 298 g/mol. The third-order valence-electron chi connectivity index (χ3n) is 4.77. The topological polar surface area (TPSA) is 53.0 Å². The Kier molecular flexibility index (Phi) is 6.93. The van der Waals surface area contributed by atoms with Crippen molar-refractivity contribution < 1.29 is 14.6 Å². The van der Waals surface area contributed by atoms with Gasteiger partial charge in [0.15, 0.2) is 0 Å². The van der Waals surface area contributed by atoms with Gasteiger partial charge in [-0.05, 0) is 51.0 Å². The first-order valence-electron chi connectivity index (χ1n) is 8.36. The quantitative estimate of drug-likeness (QED) is 0.746. The highest BCUT2D eigenvalue weighted by Crippen LogP contribution is 2.22. The van der Waals surface area contributed by atoms with Crippen LogP contribution in [0.25, 0.3) is 0 Å². The van der Waals surface area contributed by atoms with Crippen LogP contribution < -0.4 is 0 Å². The maximum Gasteiger partial charge on any atom is 0.236 e. The molecule has 1 amide bonds. The molecule has 2 rings (SSSR count). The maximum atomic E-state index is 12.3. The van der Waals surface area contributed by atoms with Gasteiger partial charge in [-0.2, -0.15) is 0 Å². The van der Waals surface area contributed by atoms with E-state index in [1.165, 1.54) is 6.42 Å². The Bertz CT molecular complexity index is 317. The Hall–Kier alpha value is -0.650. The normalized spacial score (nSPS) is 25.2. The number of aliphatic hydroxyl groups excluding tert-OH is 1. The molecule has 2 aliphatic heterocycles. The molecular formula is C16H30N2O3. The number of ether oxygens (including phenoxy) is 1. The molecule has 2 saturated heterocycles. The highest BCUT2D eigenvalue weighted by molar-refractivity contribution is 5.78. The van der Waals surface area contributed by atoms with Crippen LogP contribution in [0.1, 0.15) is 38.5 Å². The van der Waals surface area contributed by atoms with Crippen LogP contribution in [-0.2, 0) is 9.53 Å². The second-order valence-corrected chi connectivity index (χ2v) is 6.49. The van der Waals surface area contributed by atoms with Gasteiger partial charge in [0.2, 0.25) is 5.91 Å². The minimum absolute atomic E-state index is 0.236. The van der Waals surface area contributed by atoms with E-state index < -0.39 is 0 Å². The SMILES string of the molecule is COCCCC1CCN(C(=O)CN2CCC[C@@H](O)C2)CC1. The molecule has 21 heavy (non-hydrogen) atoms. The van der Waals surface area contributed by atoms with Gasteiger partial charge in [-0.1, -0.05) is 0 Å². The Balaban J connectivity index is 1.65. The van der Waals surface area contributed by atoms with Crippen LogP contribution in [0.15, 0.2) is 0 Å². The van der Waals surface area contributed by atoms with Gasteiger partial charge in [-0.3, -0.25) is 9.69 Å². The summed E-state index contributed by atoms with van der Waals surface area (Å²) in [7, 11) is 1.75. The van der Waals surface area contributed by atoms with E-state index in [2.05, 4.69) is 4.90 Å². The van der Waals surface area contributed by atoms with Crippen molar-refractivity contribution in [3.63, 3.8) is 0 Å². The first kappa shape index (κ1) is 16.7. The fourth-order valence-corrected chi connectivity index (χ4v) is 3.45. The molecule has 0 radical (unpaired) electrons. The zero-order valence-corrected chi connectivity index (χ0v) is 13.3. The third kappa shape index (κ3) is 5.57. The van der Waals surface area contributed by atoms with Gasteiger partial charge in [-0.15, -0.1) is 0 Å². The second-order valence-electron chi connectivity index (χ2n) is 6.49. The lowest BCUT2D eigenvalue weighted by Gasteiger charge is -2.35. The van der Waals surface area contributed by atoms with Crippen LogP contribution in [0.4, 0.5) is 0 Å². The van der Waals surface area contributed by atoms with E-state index in [1.54, 1.807) is 7.11 Å². The number of carbonyl (C=O) groups excluding carboxylic acids is 1. The third-order valence-corrected chi connectivity index (χ3v) is 4.77. The van der Waals surface area contributed by atoms with Gasteiger partial charge >= 0.3 is 0 Å². The van der Waals surface area contributed by atoms with Crippen LogP contribution in [-0.4, -0.2) is 73.4 Å². The van der Waals surface area contributed by atoms with E-state index >= 15 is 0 Å². The molecule has 122 valence electrons. The maximum absolute atomic E-state index is 12.3. The first-order valence-corrected chi connectivity index (χ1v) is 8.36. The number of piperidine rings is 2. The minimum atomic E-state index is -0.252. The number of β-amino-alcohol motifs (C(OH)–C–C–N with tert-alkyl or cyclic N) is 1. The molecule has 0 unspecified atom stereocenters. The Morgan fingerprint density at radius 2 is 2.00 bits per heavy atom. The molecule has 2 aliphatic rings. The highest BCUT2D eigenvalue weighted by Gasteiger charge is 2.25. The molecule has 2 heterocycles. The number of hydrogen-bond donors (Lipinski definition) is 1. The number of amides is 1. The molecule has 5 nitrogen and oxygen atoms in total. The van der Waals surface area contributed by atoms with Gasteiger partial charge in [0.05, 0.1) is 12.6 Å². The minimum Gasteiger partial charge on any atom is -0.392 e. The summed E-state index contributed by atoms with van der Waals surface area (Å²) in [5, 5.41) is 9.66. The number of carbonyl (C=O) groups is 1. The van der Waals surface area contributed by atoms with Crippen molar-refractivity contribution in [2.75, 3.05) is 46.4 Å². The van der Waals surface area contributed by atoms with E-state index in [-0.39, 0.29) is 12.0 Å². The van der Waals surface area contributed by atoms with Crippen LogP contribution >= 0.6 is 0 Å². The Labute approximate surface area is 128 Å². The largest absolute Gasteiger partial charge is 0.392 e. The fraction of sp³-hybridized carbons (Fsp3) is 0.938. The van der Waals surface area contributed by atoms with Gasteiger partial charge < -0.3 is 14.7 Å². The number of aliphatic hydroxyl groups is 1. The molecule has 2 fully saturated rings. The molecular weight excluding hydrogens is 268 g/mol. The molecule has 0 aromatic rings. The van der Waals surface area contributed by atoms with Gasteiger partial charge in [0, 0.05) is 33.4 Å². The van der Waals surface area contributed by atoms with Gasteiger partial charge in [-0.25, -0.2) is 0 Å². The standard InChI is InChI=1S/C16H30N2O3/c1-21-11-3-4-14-6-9-18(10-7-14)16(20)13-17-8-2-5-15(19)12-17/h14-15,19H,2-13H2,1H3/t15-/m1/s1. The summed E-state index contributed by atoms with van der Waals surface area (Å²) in [5.41, 5.74) is 0. The molecule has 0 bridgehead atoms. The number of rotatable bonds is 6. The zero-order valence-electron chi connectivity index (χ0n) is 13.3. The van der Waals surface area contributed by atoms with Crippen LogP contribution in [0.5, 0.6) is 0 Å². The summed E-state index contributed by atoms with van der Waals surface area (Å²) in [6.07, 6.45) is 6.21. The van der Waals surface area contributed by atoms with E-state index in [1.807, 2.05) is 4.90 Å². The molecule has 1 N–H and O–H groups in total. The van der Waals surface area contributed by atoms with Crippen molar-refractivity contribution in [3.8, 4) is 0 Å². The van der Waals surface area contributed by atoms with Crippen molar-refractivity contribution >= 4 is 5.91 Å². The van der Waals surface area contributed by atoms with Crippen LogP contribution in [0.3, 0.4) is 0 Å². The zero-order chi connectivity index (χ0) is 15.1. The number of nitrogens with zero attached hydrogens (tertiary/aromatic N) is 2. The predicted octanol–water partition coefficient (Wildman–Crippen LogP) is 1.11. The fourth-order valence-electron chi connectivity index (χ4n) is 3.45. The van der Waals surface area contributed by atoms with Crippen molar-refractivity contribution in [2.45, 2.75) is 44.6 Å². The lowest BCUT2D eigenvalue weighted by atomic mass is 9.92. The number of likely N-dealkylation sites (tertiary alicyclic amines) is 2. The Morgan fingerprint density at radius 3 is 2.67 bits per heavy atom. The van der Waals surface area contributed by atoms with Gasteiger partial charge in [0.1, 0.15) is 0 Å². The summed E-state index contributed by atoms with van der Waals surface area (Å²) < 4.78 is 5.09. The first-order chi connectivity index (χ1) is 10.2.